The predicted molar refractivity (Wildman–Crippen MR) is 47.1 cm³/mol. The predicted octanol–water partition coefficient (Wildman–Crippen LogP) is 1.13. The monoisotopic (exact) mass is 168 g/mol. The highest BCUT2D eigenvalue weighted by atomic mass is 16.5. The van der Waals surface area contributed by atoms with Crippen LogP contribution in [0.1, 0.15) is 32.6 Å². The van der Waals surface area contributed by atoms with Crippen LogP contribution in [-0.2, 0) is 0 Å². The van der Waals surface area contributed by atoms with E-state index in [-0.39, 0.29) is 5.92 Å². The highest BCUT2D eigenvalue weighted by molar-refractivity contribution is 4.96. The fourth-order valence-electron chi connectivity index (χ4n) is 1.81. The van der Waals surface area contributed by atoms with Crippen LogP contribution in [0, 0.1) is 24.2 Å². The standard InChI is InChI=1S/C10H16O2/c1-3-8-4-6-9(7-5-8)10(2,11)12/h1,8-9,11-12H,4-7H2,2H3. The minimum Gasteiger partial charge on any atom is -0.366 e. The normalized spacial score (nSPS) is 31.2. The Balaban J connectivity index is 2.42. The van der Waals surface area contributed by atoms with Gasteiger partial charge in [-0.25, -0.2) is 0 Å². The lowest BCUT2D eigenvalue weighted by atomic mass is 9.79. The topological polar surface area (TPSA) is 40.5 Å². The van der Waals surface area contributed by atoms with Gasteiger partial charge in [-0.3, -0.25) is 0 Å². The summed E-state index contributed by atoms with van der Waals surface area (Å²) < 4.78 is 0. The Labute approximate surface area is 73.6 Å². The molecule has 0 heterocycles. The molecule has 0 aliphatic heterocycles. The Morgan fingerprint density at radius 1 is 1.25 bits per heavy atom. The molecule has 0 spiro atoms. The first-order valence-electron chi connectivity index (χ1n) is 4.45. The molecule has 0 amide bonds. The molecule has 2 nitrogen and oxygen atoms in total. The summed E-state index contributed by atoms with van der Waals surface area (Å²) in [6, 6.07) is 0. The zero-order valence-corrected chi connectivity index (χ0v) is 7.45. The zero-order chi connectivity index (χ0) is 9.19. The van der Waals surface area contributed by atoms with Gasteiger partial charge in [-0.2, -0.15) is 0 Å². The first kappa shape index (κ1) is 9.57. The van der Waals surface area contributed by atoms with Gasteiger partial charge in [-0.15, -0.1) is 12.3 Å². The lowest BCUT2D eigenvalue weighted by Crippen LogP contribution is -2.36. The zero-order valence-electron chi connectivity index (χ0n) is 7.45. The molecular weight excluding hydrogens is 152 g/mol. The molecule has 0 aromatic rings. The number of hydrogen-bond donors (Lipinski definition) is 2. The van der Waals surface area contributed by atoms with Crippen LogP contribution in [0.3, 0.4) is 0 Å². The van der Waals surface area contributed by atoms with E-state index in [1.54, 1.807) is 0 Å². The van der Waals surface area contributed by atoms with Crippen LogP contribution in [0.2, 0.25) is 0 Å². The third-order valence-electron chi connectivity index (χ3n) is 2.74. The Bertz CT molecular complexity index is 177. The fraction of sp³-hybridized carbons (Fsp3) is 0.800. The summed E-state index contributed by atoms with van der Waals surface area (Å²) in [5.74, 6) is 1.55. The molecular formula is C10H16O2. The van der Waals surface area contributed by atoms with Gasteiger partial charge in [-0.05, 0) is 32.6 Å². The largest absolute Gasteiger partial charge is 0.366 e. The van der Waals surface area contributed by atoms with E-state index in [9.17, 15) is 10.2 Å². The third kappa shape index (κ3) is 2.23. The molecule has 0 bridgehead atoms. The van der Waals surface area contributed by atoms with Crippen LogP contribution in [0.15, 0.2) is 0 Å². The lowest BCUT2D eigenvalue weighted by molar-refractivity contribution is -0.192. The van der Waals surface area contributed by atoms with Gasteiger partial charge in [0.2, 0.25) is 0 Å². The summed E-state index contributed by atoms with van der Waals surface area (Å²) in [5, 5.41) is 18.6. The van der Waals surface area contributed by atoms with Crippen molar-refractivity contribution < 1.29 is 10.2 Å². The van der Waals surface area contributed by atoms with E-state index in [0.29, 0.717) is 5.92 Å². The molecule has 0 aromatic heterocycles. The summed E-state index contributed by atoms with van der Waals surface area (Å²) in [4.78, 5) is 0. The van der Waals surface area contributed by atoms with E-state index in [4.69, 9.17) is 6.42 Å². The molecule has 1 saturated carbocycles. The molecule has 1 aliphatic rings. The molecule has 0 unspecified atom stereocenters. The molecule has 0 saturated heterocycles. The molecule has 1 fully saturated rings. The number of rotatable bonds is 1. The molecule has 68 valence electrons. The van der Waals surface area contributed by atoms with Crippen LogP contribution in [0.25, 0.3) is 0 Å². The van der Waals surface area contributed by atoms with Crippen molar-refractivity contribution in [3.8, 4) is 12.3 Å². The fourth-order valence-corrected chi connectivity index (χ4v) is 1.81. The van der Waals surface area contributed by atoms with Gasteiger partial charge in [0.1, 0.15) is 0 Å². The van der Waals surface area contributed by atoms with Crippen LogP contribution in [0.4, 0.5) is 0 Å². The van der Waals surface area contributed by atoms with Crippen molar-refractivity contribution in [2.75, 3.05) is 0 Å². The van der Waals surface area contributed by atoms with E-state index in [2.05, 4.69) is 5.92 Å². The van der Waals surface area contributed by atoms with Crippen molar-refractivity contribution >= 4 is 0 Å². The summed E-state index contributed by atoms with van der Waals surface area (Å²) >= 11 is 0. The quantitative estimate of drug-likeness (QED) is 0.455. The van der Waals surface area contributed by atoms with E-state index < -0.39 is 5.79 Å². The first-order valence-corrected chi connectivity index (χ1v) is 4.45. The maximum absolute atomic E-state index is 9.31. The van der Waals surface area contributed by atoms with Crippen molar-refractivity contribution in [2.24, 2.45) is 11.8 Å². The van der Waals surface area contributed by atoms with E-state index >= 15 is 0 Å². The Hall–Kier alpha value is -0.520. The Kier molecular flexibility index (Phi) is 2.76. The summed E-state index contributed by atoms with van der Waals surface area (Å²) in [7, 11) is 0. The number of hydrogen-bond acceptors (Lipinski definition) is 2. The highest BCUT2D eigenvalue weighted by Gasteiger charge is 2.32. The van der Waals surface area contributed by atoms with Gasteiger partial charge in [0, 0.05) is 11.8 Å². The SMILES string of the molecule is C#CC1CCC(C(C)(O)O)CC1. The first-order chi connectivity index (χ1) is 5.54. The van der Waals surface area contributed by atoms with Gasteiger partial charge in [-0.1, -0.05) is 0 Å². The second-order valence-electron chi connectivity index (χ2n) is 3.81. The average molecular weight is 168 g/mol. The van der Waals surface area contributed by atoms with E-state index in [1.165, 1.54) is 6.92 Å². The summed E-state index contributed by atoms with van der Waals surface area (Å²) in [5.41, 5.74) is 0. The van der Waals surface area contributed by atoms with Gasteiger partial charge in [0.25, 0.3) is 0 Å². The van der Waals surface area contributed by atoms with Gasteiger partial charge < -0.3 is 10.2 Å². The van der Waals surface area contributed by atoms with Crippen LogP contribution < -0.4 is 0 Å². The van der Waals surface area contributed by atoms with Crippen LogP contribution >= 0.6 is 0 Å². The highest BCUT2D eigenvalue weighted by Crippen LogP contribution is 2.33. The van der Waals surface area contributed by atoms with Gasteiger partial charge in [0.05, 0.1) is 0 Å². The van der Waals surface area contributed by atoms with Gasteiger partial charge >= 0.3 is 0 Å². The van der Waals surface area contributed by atoms with Crippen molar-refractivity contribution in [3.63, 3.8) is 0 Å². The molecule has 1 aliphatic carbocycles. The number of aliphatic hydroxyl groups is 2. The molecule has 1 rings (SSSR count). The minimum atomic E-state index is -1.51. The van der Waals surface area contributed by atoms with Gasteiger partial charge in [0.15, 0.2) is 5.79 Å². The Morgan fingerprint density at radius 3 is 2.08 bits per heavy atom. The third-order valence-corrected chi connectivity index (χ3v) is 2.74. The lowest BCUT2D eigenvalue weighted by Gasteiger charge is -2.32. The van der Waals surface area contributed by atoms with Crippen molar-refractivity contribution in [2.45, 2.75) is 38.4 Å². The summed E-state index contributed by atoms with van der Waals surface area (Å²) in [6.07, 6.45) is 8.80. The van der Waals surface area contributed by atoms with Crippen LogP contribution in [0.5, 0.6) is 0 Å². The second-order valence-corrected chi connectivity index (χ2v) is 3.81. The average Bonchev–Trinajstić information content (AvgIpc) is 2.03. The number of terminal acetylenes is 1. The van der Waals surface area contributed by atoms with E-state index in [1.807, 2.05) is 0 Å². The molecule has 12 heavy (non-hydrogen) atoms. The van der Waals surface area contributed by atoms with Crippen molar-refractivity contribution in [1.82, 2.24) is 0 Å². The maximum Gasteiger partial charge on any atom is 0.162 e. The minimum absolute atomic E-state index is 0.00194. The van der Waals surface area contributed by atoms with Crippen molar-refractivity contribution in [1.29, 1.82) is 0 Å². The molecule has 0 aromatic carbocycles. The smallest absolute Gasteiger partial charge is 0.162 e. The molecule has 2 N–H and O–H groups in total. The van der Waals surface area contributed by atoms with Crippen LogP contribution in [-0.4, -0.2) is 16.0 Å². The maximum atomic E-state index is 9.31. The second kappa shape index (κ2) is 3.47. The Morgan fingerprint density at radius 2 is 1.75 bits per heavy atom. The molecule has 2 heteroatoms. The van der Waals surface area contributed by atoms with E-state index in [0.717, 1.165) is 25.7 Å². The summed E-state index contributed by atoms with van der Waals surface area (Å²) in [6.45, 7) is 1.45. The van der Waals surface area contributed by atoms with Crippen molar-refractivity contribution in [3.05, 3.63) is 0 Å². The molecule has 0 atom stereocenters. The molecule has 0 radical (unpaired) electrons.